The first-order valence-corrected chi connectivity index (χ1v) is 20.5. The van der Waals surface area contributed by atoms with Gasteiger partial charge in [0.2, 0.25) is 0 Å². The van der Waals surface area contributed by atoms with E-state index in [-0.39, 0.29) is 16.2 Å². The van der Waals surface area contributed by atoms with E-state index in [0.29, 0.717) is 0 Å². The maximum absolute atomic E-state index is 2.63. The van der Waals surface area contributed by atoms with Crippen LogP contribution in [0.3, 0.4) is 0 Å². The Labute approximate surface area is 316 Å². The largest absolute Gasteiger partial charge is 0.310 e. The molecule has 4 fully saturated rings. The van der Waals surface area contributed by atoms with Crippen LogP contribution in [0.25, 0.3) is 33.0 Å². The molecule has 0 amide bonds. The Hall–Kier alpha value is -4.62. The summed E-state index contributed by atoms with van der Waals surface area (Å²) in [6.07, 6.45) is 9.54. The van der Waals surface area contributed by atoms with Crippen molar-refractivity contribution < 1.29 is 0 Å². The van der Waals surface area contributed by atoms with Crippen molar-refractivity contribution in [3.05, 3.63) is 150 Å². The molecule has 0 N–H and O–H groups in total. The molecule has 6 aromatic rings. The summed E-state index contributed by atoms with van der Waals surface area (Å²) in [6, 6.07) is 49.3. The van der Waals surface area contributed by atoms with Crippen LogP contribution in [0.1, 0.15) is 94.9 Å². The quantitative estimate of drug-likeness (QED) is 0.178. The summed E-state index contributed by atoms with van der Waals surface area (Å²) in [6.45, 7) is 9.78. The summed E-state index contributed by atoms with van der Waals surface area (Å²) in [4.78, 5) is 2.57. The number of rotatable bonds is 4. The third kappa shape index (κ3) is 4.49. The van der Waals surface area contributed by atoms with E-state index in [1.54, 1.807) is 11.1 Å². The second kappa shape index (κ2) is 11.2. The van der Waals surface area contributed by atoms with E-state index in [9.17, 15) is 0 Å². The van der Waals surface area contributed by atoms with Crippen LogP contribution in [0.4, 0.5) is 17.1 Å². The van der Waals surface area contributed by atoms with E-state index in [4.69, 9.17) is 0 Å². The van der Waals surface area contributed by atoms with E-state index in [0.717, 1.165) is 23.7 Å². The minimum absolute atomic E-state index is 0.0695. The van der Waals surface area contributed by atoms with Crippen LogP contribution in [0.2, 0.25) is 0 Å². The second-order valence-electron chi connectivity index (χ2n) is 18.8. The van der Waals surface area contributed by atoms with Crippen molar-refractivity contribution in [1.29, 1.82) is 0 Å². The van der Waals surface area contributed by atoms with Gasteiger partial charge >= 0.3 is 0 Å². The molecule has 53 heavy (non-hydrogen) atoms. The maximum Gasteiger partial charge on any atom is 0.0540 e. The van der Waals surface area contributed by atoms with Crippen LogP contribution in [-0.2, 0) is 16.2 Å². The lowest BCUT2D eigenvalue weighted by molar-refractivity contribution is -0.0399. The number of nitrogens with zero attached hydrogens (tertiary/aromatic N) is 1. The summed E-state index contributed by atoms with van der Waals surface area (Å²) in [5.74, 6) is 3.45. The third-order valence-electron chi connectivity index (χ3n) is 15.1. The third-order valence-corrected chi connectivity index (χ3v) is 15.1. The molecule has 4 saturated carbocycles. The van der Waals surface area contributed by atoms with Gasteiger partial charge in [0.15, 0.2) is 0 Å². The monoisotopic (exact) mass is 689 g/mol. The lowest BCUT2D eigenvalue weighted by Crippen LogP contribution is -2.55. The molecular formula is C52H51N. The molecule has 0 unspecified atom stereocenters. The number of hydrogen-bond donors (Lipinski definition) is 0. The zero-order chi connectivity index (χ0) is 35.7. The fourth-order valence-corrected chi connectivity index (χ4v) is 12.8. The molecule has 0 radical (unpaired) electrons. The normalized spacial score (nSPS) is 26.7. The lowest BCUT2D eigenvalue weighted by atomic mass is 9.43. The van der Waals surface area contributed by atoms with Crippen molar-refractivity contribution in [2.45, 2.75) is 88.9 Å². The van der Waals surface area contributed by atoms with Crippen LogP contribution >= 0.6 is 0 Å². The topological polar surface area (TPSA) is 3.24 Å². The van der Waals surface area contributed by atoms with E-state index in [1.165, 1.54) is 106 Å². The molecule has 0 aliphatic heterocycles. The van der Waals surface area contributed by atoms with Crippen molar-refractivity contribution in [3.8, 4) is 22.3 Å². The minimum Gasteiger partial charge on any atom is -0.310 e. The molecule has 1 nitrogen and oxygen atoms in total. The number of hydrogen-bond acceptors (Lipinski definition) is 1. The predicted octanol–water partition coefficient (Wildman–Crippen LogP) is 14.0. The van der Waals surface area contributed by atoms with E-state index in [2.05, 4.69) is 160 Å². The summed E-state index contributed by atoms with van der Waals surface area (Å²) >= 11 is 0. The Balaban J connectivity index is 1.06. The Morgan fingerprint density at radius 2 is 1.09 bits per heavy atom. The molecule has 1 heteroatoms. The molecule has 6 aliphatic rings. The molecular weight excluding hydrogens is 639 g/mol. The first-order valence-electron chi connectivity index (χ1n) is 20.5. The molecule has 12 rings (SSSR count). The highest BCUT2D eigenvalue weighted by atomic mass is 15.1. The van der Waals surface area contributed by atoms with Gasteiger partial charge in [-0.3, -0.25) is 0 Å². The highest BCUT2D eigenvalue weighted by Gasteiger charge is 2.61. The molecule has 264 valence electrons. The Morgan fingerprint density at radius 1 is 0.491 bits per heavy atom. The summed E-state index contributed by atoms with van der Waals surface area (Å²) in [5.41, 5.74) is 16.1. The molecule has 6 aliphatic carbocycles. The Kier molecular flexibility index (Phi) is 6.74. The fraction of sp³-hybridized carbons (Fsp3) is 0.346. The van der Waals surface area contributed by atoms with E-state index >= 15 is 0 Å². The van der Waals surface area contributed by atoms with Gasteiger partial charge in [-0.05, 0) is 160 Å². The first-order chi connectivity index (χ1) is 25.7. The van der Waals surface area contributed by atoms with Gasteiger partial charge in [-0.2, -0.15) is 0 Å². The lowest BCUT2D eigenvalue weighted by Gasteiger charge is -2.61. The average molecular weight is 690 g/mol. The summed E-state index contributed by atoms with van der Waals surface area (Å²) in [7, 11) is 0. The van der Waals surface area contributed by atoms with Crippen LogP contribution < -0.4 is 4.90 Å². The molecule has 4 bridgehead atoms. The Morgan fingerprint density at radius 3 is 1.89 bits per heavy atom. The van der Waals surface area contributed by atoms with E-state index < -0.39 is 0 Å². The van der Waals surface area contributed by atoms with Crippen LogP contribution in [0.5, 0.6) is 0 Å². The standard InChI is InChI=1S/C52H51N/c1-50(2)25-26-51(3,4)49-45(50)16-10-18-48(49)53(47-17-9-12-36-11-5-6-13-41(36)47)40-22-19-35(20-23-40)37-21-24-43-42-14-7-8-15-44(42)52(46(43)32-37)38-28-33-27-34(30-38)31-39(52)29-33/h5-24,32-34,38-39H,25-31H2,1-4H3. The number of anilines is 3. The average Bonchev–Trinajstić information content (AvgIpc) is 3.46. The van der Waals surface area contributed by atoms with Crippen LogP contribution in [-0.4, -0.2) is 0 Å². The highest BCUT2D eigenvalue weighted by Crippen LogP contribution is 2.69. The van der Waals surface area contributed by atoms with Crippen molar-refractivity contribution in [1.82, 2.24) is 0 Å². The van der Waals surface area contributed by atoms with Gasteiger partial charge in [-0.15, -0.1) is 0 Å². The van der Waals surface area contributed by atoms with Gasteiger partial charge < -0.3 is 4.90 Å². The van der Waals surface area contributed by atoms with Crippen LogP contribution in [0.15, 0.2) is 127 Å². The van der Waals surface area contributed by atoms with Crippen molar-refractivity contribution in [3.63, 3.8) is 0 Å². The summed E-state index contributed by atoms with van der Waals surface area (Å²) < 4.78 is 0. The Bertz CT molecular complexity index is 2390. The van der Waals surface area contributed by atoms with Gasteiger partial charge in [-0.1, -0.05) is 125 Å². The smallest absolute Gasteiger partial charge is 0.0540 e. The van der Waals surface area contributed by atoms with Crippen molar-refractivity contribution in [2.75, 3.05) is 4.90 Å². The number of benzene rings is 6. The zero-order valence-electron chi connectivity index (χ0n) is 31.8. The molecule has 0 saturated heterocycles. The molecule has 0 heterocycles. The number of fused-ring (bicyclic) bond motifs is 5. The minimum atomic E-state index is 0.0695. The van der Waals surface area contributed by atoms with Gasteiger partial charge in [0.25, 0.3) is 0 Å². The zero-order valence-corrected chi connectivity index (χ0v) is 31.8. The predicted molar refractivity (Wildman–Crippen MR) is 223 cm³/mol. The van der Waals surface area contributed by atoms with Crippen molar-refractivity contribution in [2.24, 2.45) is 23.7 Å². The van der Waals surface area contributed by atoms with Gasteiger partial charge in [0.05, 0.1) is 11.4 Å². The molecule has 1 spiro atoms. The SMILES string of the molecule is CC1(C)CCC(C)(C)c2c(N(c3ccc(-c4ccc5c(c4)C4(c6ccccc6-5)C5CC6CC(C5)CC4C6)cc3)c3cccc4ccccc34)cccc21. The van der Waals surface area contributed by atoms with Gasteiger partial charge in [-0.25, -0.2) is 0 Å². The second-order valence-corrected chi connectivity index (χ2v) is 18.8. The molecule has 0 atom stereocenters. The highest BCUT2D eigenvalue weighted by molar-refractivity contribution is 5.99. The van der Waals surface area contributed by atoms with E-state index in [1.807, 2.05) is 0 Å². The van der Waals surface area contributed by atoms with Crippen molar-refractivity contribution >= 4 is 27.8 Å². The van der Waals surface area contributed by atoms with Gasteiger partial charge in [0, 0.05) is 16.5 Å². The van der Waals surface area contributed by atoms with Crippen LogP contribution in [0, 0.1) is 23.7 Å². The summed E-state index contributed by atoms with van der Waals surface area (Å²) in [5, 5.41) is 2.55. The fourth-order valence-electron chi connectivity index (χ4n) is 12.8. The molecule has 0 aromatic heterocycles. The first kappa shape index (κ1) is 31.9. The molecule has 6 aromatic carbocycles. The van der Waals surface area contributed by atoms with Gasteiger partial charge in [0.1, 0.15) is 0 Å². The maximum atomic E-state index is 2.63.